The minimum Gasteiger partial charge on any atom is -0.497 e. The molecule has 28 heavy (non-hydrogen) atoms. The van der Waals surface area contributed by atoms with Crippen molar-refractivity contribution < 1.29 is 19.1 Å². The van der Waals surface area contributed by atoms with Gasteiger partial charge in [0, 0.05) is 23.7 Å². The predicted octanol–water partition coefficient (Wildman–Crippen LogP) is 4.16. The Bertz CT molecular complexity index is 865. The van der Waals surface area contributed by atoms with E-state index in [0.717, 1.165) is 12.8 Å². The maximum atomic E-state index is 12.7. The minimum absolute atomic E-state index is 0.00375. The molecule has 6 nitrogen and oxygen atoms in total. The average Bonchev–Trinajstić information content (AvgIpc) is 3.21. The Morgan fingerprint density at radius 3 is 2.57 bits per heavy atom. The van der Waals surface area contributed by atoms with E-state index in [2.05, 4.69) is 10.6 Å². The van der Waals surface area contributed by atoms with Crippen molar-refractivity contribution >= 4 is 40.7 Å². The number of carbonyl (C=O) groups excluding carboxylic acids is 2. The van der Waals surface area contributed by atoms with Crippen molar-refractivity contribution in [3.05, 3.63) is 57.6 Å². The molecule has 1 saturated heterocycles. The van der Waals surface area contributed by atoms with Crippen molar-refractivity contribution in [3.8, 4) is 5.75 Å². The van der Waals surface area contributed by atoms with Gasteiger partial charge < -0.3 is 20.1 Å². The number of benzene rings is 2. The van der Waals surface area contributed by atoms with Crippen LogP contribution < -0.4 is 15.4 Å². The fourth-order valence-corrected chi connectivity index (χ4v) is 3.46. The van der Waals surface area contributed by atoms with E-state index in [9.17, 15) is 9.59 Å². The molecule has 0 aliphatic carbocycles. The summed E-state index contributed by atoms with van der Waals surface area (Å²) in [6.07, 6.45) is 1.88. The minimum atomic E-state index is -0.403. The van der Waals surface area contributed by atoms with Crippen LogP contribution in [0.2, 0.25) is 10.0 Å². The van der Waals surface area contributed by atoms with Crippen molar-refractivity contribution in [2.75, 3.05) is 25.6 Å². The second-order valence-electron chi connectivity index (χ2n) is 6.34. The van der Waals surface area contributed by atoms with Gasteiger partial charge in [-0.15, -0.1) is 0 Å². The molecular weight excluding hydrogens is 403 g/mol. The Balaban J connectivity index is 1.78. The number of hydrogen-bond acceptors (Lipinski definition) is 4. The Kier molecular flexibility index (Phi) is 6.78. The Hall–Kier alpha value is -2.28. The molecule has 1 heterocycles. The lowest BCUT2D eigenvalue weighted by atomic mass is 10.1. The smallest absolute Gasteiger partial charge is 0.255 e. The molecule has 0 saturated carbocycles. The van der Waals surface area contributed by atoms with Crippen molar-refractivity contribution in [2.24, 2.45) is 0 Å². The van der Waals surface area contributed by atoms with Gasteiger partial charge in [-0.2, -0.15) is 0 Å². The molecule has 1 atom stereocenters. The number of amides is 2. The van der Waals surface area contributed by atoms with Gasteiger partial charge in [-0.05, 0) is 49.2 Å². The molecule has 2 N–H and O–H groups in total. The molecule has 1 aliphatic rings. The fourth-order valence-electron chi connectivity index (χ4n) is 2.91. The van der Waals surface area contributed by atoms with E-state index in [1.807, 2.05) is 0 Å². The highest BCUT2D eigenvalue weighted by Gasteiger charge is 2.21. The molecule has 0 bridgehead atoms. The molecule has 1 aliphatic heterocycles. The van der Waals surface area contributed by atoms with Gasteiger partial charge in [0.25, 0.3) is 11.8 Å². The van der Waals surface area contributed by atoms with Gasteiger partial charge in [0.05, 0.1) is 29.5 Å². The van der Waals surface area contributed by atoms with Crippen LogP contribution in [-0.4, -0.2) is 38.2 Å². The Morgan fingerprint density at radius 2 is 1.93 bits per heavy atom. The van der Waals surface area contributed by atoms with Crippen LogP contribution in [0.4, 0.5) is 5.69 Å². The van der Waals surface area contributed by atoms with Gasteiger partial charge in [0.1, 0.15) is 5.75 Å². The maximum absolute atomic E-state index is 12.7. The topological polar surface area (TPSA) is 76.7 Å². The number of methoxy groups -OCH3 is 1. The van der Waals surface area contributed by atoms with E-state index < -0.39 is 5.91 Å². The van der Waals surface area contributed by atoms with Gasteiger partial charge in [-0.3, -0.25) is 9.59 Å². The highest BCUT2D eigenvalue weighted by molar-refractivity contribution is 6.38. The maximum Gasteiger partial charge on any atom is 0.255 e. The van der Waals surface area contributed by atoms with Gasteiger partial charge in [0.15, 0.2) is 0 Å². The highest BCUT2D eigenvalue weighted by Crippen LogP contribution is 2.31. The van der Waals surface area contributed by atoms with Crippen LogP contribution in [0.1, 0.15) is 33.6 Å². The van der Waals surface area contributed by atoms with E-state index in [-0.39, 0.29) is 28.3 Å². The molecule has 2 aromatic rings. The first kappa shape index (κ1) is 20.5. The Morgan fingerprint density at radius 1 is 1.18 bits per heavy atom. The third kappa shape index (κ3) is 4.95. The molecule has 0 radical (unpaired) electrons. The van der Waals surface area contributed by atoms with E-state index >= 15 is 0 Å². The zero-order chi connectivity index (χ0) is 20.1. The molecule has 3 rings (SSSR count). The molecule has 0 spiro atoms. The number of carbonyl (C=O) groups is 2. The van der Waals surface area contributed by atoms with Crippen LogP contribution in [0.25, 0.3) is 0 Å². The summed E-state index contributed by atoms with van der Waals surface area (Å²) in [5.74, 6) is -0.153. The van der Waals surface area contributed by atoms with Crippen LogP contribution in [-0.2, 0) is 4.74 Å². The van der Waals surface area contributed by atoms with Crippen LogP contribution in [0, 0.1) is 0 Å². The van der Waals surface area contributed by atoms with Crippen LogP contribution in [0.15, 0.2) is 36.4 Å². The van der Waals surface area contributed by atoms with Gasteiger partial charge in [-0.1, -0.05) is 23.2 Å². The van der Waals surface area contributed by atoms with Crippen molar-refractivity contribution in [3.63, 3.8) is 0 Å². The summed E-state index contributed by atoms with van der Waals surface area (Å²) < 4.78 is 10.6. The second-order valence-corrected chi connectivity index (χ2v) is 7.18. The van der Waals surface area contributed by atoms with Gasteiger partial charge in [-0.25, -0.2) is 0 Å². The quantitative estimate of drug-likeness (QED) is 0.732. The van der Waals surface area contributed by atoms with E-state index in [0.29, 0.717) is 29.5 Å². The normalized spacial score (nSPS) is 15.9. The number of hydrogen-bond donors (Lipinski definition) is 2. The third-order valence-corrected chi connectivity index (χ3v) is 4.92. The number of nitrogens with one attached hydrogen (secondary N) is 2. The number of ether oxygens (including phenoxy) is 2. The van der Waals surface area contributed by atoms with E-state index in [4.69, 9.17) is 32.7 Å². The van der Waals surface area contributed by atoms with Crippen molar-refractivity contribution in [1.29, 1.82) is 0 Å². The SMILES string of the molecule is COc1ccc(C(=O)Nc2c(Cl)cc(Cl)cc2C(=O)NC[C@@H]2CCCO2)cc1. The summed E-state index contributed by atoms with van der Waals surface area (Å²) in [4.78, 5) is 25.3. The molecule has 1 fully saturated rings. The van der Waals surface area contributed by atoms with Crippen LogP contribution in [0.3, 0.4) is 0 Å². The van der Waals surface area contributed by atoms with Crippen molar-refractivity contribution in [2.45, 2.75) is 18.9 Å². The fraction of sp³-hybridized carbons (Fsp3) is 0.300. The highest BCUT2D eigenvalue weighted by atomic mass is 35.5. The molecule has 0 aromatic heterocycles. The first-order valence-corrected chi connectivity index (χ1v) is 9.58. The lowest BCUT2D eigenvalue weighted by molar-refractivity contribution is 0.0858. The molecule has 148 valence electrons. The zero-order valence-corrected chi connectivity index (χ0v) is 16.8. The van der Waals surface area contributed by atoms with Crippen molar-refractivity contribution in [1.82, 2.24) is 5.32 Å². The second kappa shape index (κ2) is 9.28. The monoisotopic (exact) mass is 422 g/mol. The summed E-state index contributed by atoms with van der Waals surface area (Å²) in [5.41, 5.74) is 0.798. The predicted molar refractivity (Wildman–Crippen MR) is 109 cm³/mol. The molecule has 2 aromatic carbocycles. The van der Waals surface area contributed by atoms with E-state index in [1.54, 1.807) is 31.4 Å². The average molecular weight is 423 g/mol. The Labute approximate surface area is 173 Å². The summed E-state index contributed by atoms with van der Waals surface area (Å²) >= 11 is 12.3. The zero-order valence-electron chi connectivity index (χ0n) is 15.3. The summed E-state index contributed by atoms with van der Waals surface area (Å²) in [6.45, 7) is 1.08. The summed E-state index contributed by atoms with van der Waals surface area (Å²) in [6, 6.07) is 9.54. The third-order valence-electron chi connectivity index (χ3n) is 4.40. The molecule has 0 unspecified atom stereocenters. The standard InChI is InChI=1S/C20H20Cl2N2O4/c1-27-14-6-4-12(5-7-14)19(25)24-18-16(9-13(21)10-17(18)22)20(26)23-11-15-3-2-8-28-15/h4-7,9-10,15H,2-3,8,11H2,1H3,(H,23,26)(H,24,25)/t15-/m0/s1. The largest absolute Gasteiger partial charge is 0.497 e. The molecule has 2 amide bonds. The lowest BCUT2D eigenvalue weighted by Gasteiger charge is -2.15. The van der Waals surface area contributed by atoms with Gasteiger partial charge in [0.2, 0.25) is 0 Å². The van der Waals surface area contributed by atoms with Gasteiger partial charge >= 0.3 is 0 Å². The lowest BCUT2D eigenvalue weighted by Crippen LogP contribution is -2.32. The first-order chi connectivity index (χ1) is 13.5. The van der Waals surface area contributed by atoms with Crippen LogP contribution in [0.5, 0.6) is 5.75 Å². The number of halogens is 2. The summed E-state index contributed by atoms with van der Waals surface area (Å²) in [7, 11) is 1.55. The van der Waals surface area contributed by atoms with Crippen LogP contribution >= 0.6 is 23.2 Å². The van der Waals surface area contributed by atoms with E-state index in [1.165, 1.54) is 12.1 Å². The summed E-state index contributed by atoms with van der Waals surface area (Å²) in [5, 5.41) is 6.00. The number of rotatable bonds is 6. The molecular formula is C20H20Cl2N2O4. The first-order valence-electron chi connectivity index (χ1n) is 8.82. The molecule has 8 heteroatoms. The number of anilines is 1.